The fourth-order valence-corrected chi connectivity index (χ4v) is 3.08. The molecule has 0 aromatic heterocycles. The monoisotopic (exact) mass is 327 g/mol. The number of halogens is 1. The number of likely N-dealkylation sites (tertiary alicyclic amines) is 1. The fourth-order valence-electron chi connectivity index (χ4n) is 2.90. The molecule has 6 heteroatoms. The van der Waals surface area contributed by atoms with Crippen LogP contribution in [0.1, 0.15) is 12.0 Å². The van der Waals surface area contributed by atoms with Gasteiger partial charge in [0.15, 0.2) is 0 Å². The second kappa shape index (κ2) is 6.34. The predicted molar refractivity (Wildman–Crippen MR) is 83.4 cm³/mol. The SMILES string of the molecule is Cc1ccc(Cl)c(OC[C@@]2(O)CN(C3COC3)CC[C@@H]2O)c1. The Balaban J connectivity index is 1.66. The van der Waals surface area contributed by atoms with Crippen LogP contribution in [0.2, 0.25) is 5.02 Å². The van der Waals surface area contributed by atoms with E-state index in [-0.39, 0.29) is 6.61 Å². The highest BCUT2D eigenvalue weighted by molar-refractivity contribution is 6.32. The van der Waals surface area contributed by atoms with Crippen molar-refractivity contribution >= 4 is 11.6 Å². The van der Waals surface area contributed by atoms with Crippen molar-refractivity contribution in [1.82, 2.24) is 4.90 Å². The van der Waals surface area contributed by atoms with Crippen LogP contribution < -0.4 is 4.74 Å². The van der Waals surface area contributed by atoms with Gasteiger partial charge in [0.25, 0.3) is 0 Å². The van der Waals surface area contributed by atoms with E-state index in [0.29, 0.717) is 43.0 Å². The molecule has 2 saturated heterocycles. The first-order valence-corrected chi connectivity index (χ1v) is 7.97. The molecule has 1 aromatic carbocycles. The molecule has 3 rings (SSSR count). The number of benzene rings is 1. The minimum atomic E-state index is -1.29. The van der Waals surface area contributed by atoms with E-state index in [4.69, 9.17) is 21.1 Å². The third-order valence-corrected chi connectivity index (χ3v) is 4.80. The Hall–Kier alpha value is -0.850. The summed E-state index contributed by atoms with van der Waals surface area (Å²) in [6, 6.07) is 5.84. The van der Waals surface area contributed by atoms with Gasteiger partial charge in [0.2, 0.25) is 0 Å². The number of rotatable bonds is 4. The van der Waals surface area contributed by atoms with E-state index in [1.54, 1.807) is 6.07 Å². The van der Waals surface area contributed by atoms with E-state index in [1.807, 2.05) is 19.1 Å². The largest absolute Gasteiger partial charge is 0.489 e. The molecular weight excluding hydrogens is 306 g/mol. The standard InChI is InChI=1S/C16H22ClNO4/c1-11-2-3-13(17)14(6-11)22-10-16(20)9-18(5-4-15(16)19)12-7-21-8-12/h2-3,6,12,15,19-20H,4-5,7-10H2,1H3/t15-,16-/m0/s1. The predicted octanol–water partition coefficient (Wildman–Crippen LogP) is 1.22. The Morgan fingerprint density at radius 3 is 2.91 bits per heavy atom. The molecule has 2 fully saturated rings. The molecule has 2 N–H and O–H groups in total. The van der Waals surface area contributed by atoms with Crippen LogP contribution in [0.5, 0.6) is 5.75 Å². The summed E-state index contributed by atoms with van der Waals surface area (Å²) in [6.07, 6.45) is -0.272. The molecular formula is C16H22ClNO4. The fraction of sp³-hybridized carbons (Fsp3) is 0.625. The number of piperidine rings is 1. The van der Waals surface area contributed by atoms with Crippen molar-refractivity contribution < 1.29 is 19.7 Å². The Kier molecular flexibility index (Phi) is 4.61. The van der Waals surface area contributed by atoms with Crippen molar-refractivity contribution in [3.8, 4) is 5.75 Å². The molecule has 122 valence electrons. The summed E-state index contributed by atoms with van der Waals surface area (Å²) in [4.78, 5) is 2.16. The van der Waals surface area contributed by atoms with Crippen LogP contribution in [-0.4, -0.2) is 65.8 Å². The molecule has 0 radical (unpaired) electrons. The van der Waals surface area contributed by atoms with Gasteiger partial charge in [-0.05, 0) is 31.0 Å². The lowest BCUT2D eigenvalue weighted by molar-refractivity contribution is -0.167. The maximum absolute atomic E-state index is 10.8. The normalized spacial score (nSPS) is 30.1. The lowest BCUT2D eigenvalue weighted by Gasteiger charge is -2.47. The molecule has 1 aromatic rings. The summed E-state index contributed by atoms with van der Waals surface area (Å²) in [6.45, 7) is 4.49. The second-order valence-electron chi connectivity index (χ2n) is 6.29. The molecule has 0 amide bonds. The zero-order valence-electron chi connectivity index (χ0n) is 12.7. The quantitative estimate of drug-likeness (QED) is 0.871. The topological polar surface area (TPSA) is 62.2 Å². The first-order chi connectivity index (χ1) is 10.5. The minimum Gasteiger partial charge on any atom is -0.489 e. The number of aryl methyl sites for hydroxylation is 1. The van der Waals surface area contributed by atoms with Crippen LogP contribution >= 0.6 is 11.6 Å². The Labute approximate surface area is 135 Å². The number of aliphatic hydroxyl groups excluding tert-OH is 1. The molecule has 5 nitrogen and oxygen atoms in total. The van der Waals surface area contributed by atoms with Crippen LogP contribution in [0, 0.1) is 6.92 Å². The number of β-amino-alcohol motifs (C(OH)–C–C–N with tert-alkyl or cyclic N) is 1. The van der Waals surface area contributed by atoms with E-state index < -0.39 is 11.7 Å². The van der Waals surface area contributed by atoms with Crippen LogP contribution in [0.4, 0.5) is 0 Å². The van der Waals surface area contributed by atoms with E-state index >= 15 is 0 Å². The Bertz CT molecular complexity index is 537. The molecule has 0 saturated carbocycles. The number of ether oxygens (including phenoxy) is 2. The van der Waals surface area contributed by atoms with Crippen LogP contribution in [0.25, 0.3) is 0 Å². The highest BCUT2D eigenvalue weighted by Crippen LogP contribution is 2.29. The van der Waals surface area contributed by atoms with Crippen molar-refractivity contribution in [3.05, 3.63) is 28.8 Å². The van der Waals surface area contributed by atoms with E-state index in [0.717, 1.165) is 12.1 Å². The third-order valence-electron chi connectivity index (χ3n) is 4.49. The maximum atomic E-state index is 10.8. The summed E-state index contributed by atoms with van der Waals surface area (Å²) < 4.78 is 10.9. The van der Waals surface area contributed by atoms with Crippen molar-refractivity contribution in [2.45, 2.75) is 31.1 Å². The van der Waals surface area contributed by atoms with Crippen LogP contribution in [0.3, 0.4) is 0 Å². The van der Waals surface area contributed by atoms with Gasteiger partial charge in [-0.2, -0.15) is 0 Å². The lowest BCUT2D eigenvalue weighted by Crippen LogP contribution is -2.64. The second-order valence-corrected chi connectivity index (χ2v) is 6.70. The molecule has 2 atom stereocenters. The molecule has 0 spiro atoms. The summed E-state index contributed by atoms with van der Waals surface area (Å²) in [7, 11) is 0. The number of hydrogen-bond acceptors (Lipinski definition) is 5. The van der Waals surface area contributed by atoms with Crippen molar-refractivity contribution in [2.24, 2.45) is 0 Å². The van der Waals surface area contributed by atoms with E-state index in [1.165, 1.54) is 0 Å². The summed E-state index contributed by atoms with van der Waals surface area (Å²) >= 11 is 6.11. The van der Waals surface area contributed by atoms with Gasteiger partial charge in [-0.1, -0.05) is 17.7 Å². The Morgan fingerprint density at radius 1 is 1.45 bits per heavy atom. The first-order valence-electron chi connectivity index (χ1n) is 7.59. The maximum Gasteiger partial charge on any atom is 0.138 e. The zero-order valence-corrected chi connectivity index (χ0v) is 13.4. The van der Waals surface area contributed by atoms with Crippen molar-refractivity contribution in [2.75, 3.05) is 32.9 Å². The van der Waals surface area contributed by atoms with E-state index in [9.17, 15) is 10.2 Å². The smallest absolute Gasteiger partial charge is 0.138 e. The van der Waals surface area contributed by atoms with Crippen LogP contribution in [0.15, 0.2) is 18.2 Å². The number of hydrogen-bond donors (Lipinski definition) is 2. The zero-order chi connectivity index (χ0) is 15.7. The molecule has 2 aliphatic rings. The molecule has 2 aliphatic heterocycles. The number of nitrogens with zero attached hydrogens (tertiary/aromatic N) is 1. The highest BCUT2D eigenvalue weighted by Gasteiger charge is 2.44. The third kappa shape index (κ3) is 3.24. The molecule has 2 heterocycles. The summed E-state index contributed by atoms with van der Waals surface area (Å²) in [5, 5.41) is 21.5. The average Bonchev–Trinajstić information content (AvgIpc) is 2.42. The van der Waals surface area contributed by atoms with Crippen molar-refractivity contribution in [3.63, 3.8) is 0 Å². The van der Waals surface area contributed by atoms with Gasteiger partial charge in [-0.15, -0.1) is 0 Å². The van der Waals surface area contributed by atoms with Gasteiger partial charge in [0, 0.05) is 13.1 Å². The molecule has 22 heavy (non-hydrogen) atoms. The van der Waals surface area contributed by atoms with Gasteiger partial charge >= 0.3 is 0 Å². The average molecular weight is 328 g/mol. The first kappa shape index (κ1) is 16.0. The minimum absolute atomic E-state index is 0.0153. The molecule has 0 bridgehead atoms. The van der Waals surface area contributed by atoms with Crippen LogP contribution in [-0.2, 0) is 4.74 Å². The van der Waals surface area contributed by atoms with Gasteiger partial charge in [-0.3, -0.25) is 4.90 Å². The molecule has 0 unspecified atom stereocenters. The van der Waals surface area contributed by atoms with Gasteiger partial charge < -0.3 is 19.7 Å². The summed E-state index contributed by atoms with van der Waals surface area (Å²) in [5.41, 5.74) is -0.259. The van der Waals surface area contributed by atoms with Gasteiger partial charge in [-0.25, -0.2) is 0 Å². The number of aliphatic hydroxyl groups is 2. The Morgan fingerprint density at radius 2 is 2.23 bits per heavy atom. The highest BCUT2D eigenvalue weighted by atomic mass is 35.5. The molecule has 0 aliphatic carbocycles. The lowest BCUT2D eigenvalue weighted by atomic mass is 9.89. The summed E-state index contributed by atoms with van der Waals surface area (Å²) in [5.74, 6) is 0.534. The van der Waals surface area contributed by atoms with E-state index in [2.05, 4.69) is 4.90 Å². The van der Waals surface area contributed by atoms with Crippen molar-refractivity contribution in [1.29, 1.82) is 0 Å². The van der Waals surface area contributed by atoms with Gasteiger partial charge in [0.1, 0.15) is 18.0 Å². The van der Waals surface area contributed by atoms with Gasteiger partial charge in [0.05, 0.1) is 30.4 Å².